The second-order valence-electron chi connectivity index (χ2n) is 4.84. The average Bonchev–Trinajstić information content (AvgIpc) is 2.80. The molecule has 1 N–H and O–H groups in total. The molecule has 0 bridgehead atoms. The van der Waals surface area contributed by atoms with Gasteiger partial charge in [0.2, 0.25) is 5.01 Å². The Labute approximate surface area is 122 Å². The van der Waals surface area contributed by atoms with E-state index in [9.17, 15) is 4.79 Å². The Morgan fingerprint density at radius 2 is 2.10 bits per heavy atom. The number of benzene rings is 1. The average molecular weight is 291 g/mol. The van der Waals surface area contributed by atoms with E-state index in [0.717, 1.165) is 27.4 Å². The number of carboxylic acid groups (broad SMARTS) is 1. The largest absolute Gasteiger partial charge is 0.496 e. The van der Waals surface area contributed by atoms with Gasteiger partial charge in [0.1, 0.15) is 5.75 Å². The standard InChI is InChI=1S/C15H17NO3S/c1-8(2)11-7-10(5-6-12(11)19-4)13-9(3)20-14(16-13)15(17)18/h5-8H,1-4H3,(H,17,18). The summed E-state index contributed by atoms with van der Waals surface area (Å²) < 4.78 is 5.36. The highest BCUT2D eigenvalue weighted by molar-refractivity contribution is 7.13. The first-order valence-electron chi connectivity index (χ1n) is 6.33. The highest BCUT2D eigenvalue weighted by Gasteiger charge is 2.16. The number of hydrogen-bond acceptors (Lipinski definition) is 4. The lowest BCUT2D eigenvalue weighted by Gasteiger charge is -2.13. The summed E-state index contributed by atoms with van der Waals surface area (Å²) >= 11 is 1.20. The Morgan fingerprint density at radius 3 is 2.60 bits per heavy atom. The van der Waals surface area contributed by atoms with Crippen molar-refractivity contribution < 1.29 is 14.6 Å². The van der Waals surface area contributed by atoms with Crippen LogP contribution in [-0.4, -0.2) is 23.2 Å². The van der Waals surface area contributed by atoms with Crippen molar-refractivity contribution >= 4 is 17.3 Å². The smallest absolute Gasteiger partial charge is 0.365 e. The number of aromatic carboxylic acids is 1. The summed E-state index contributed by atoms with van der Waals surface area (Å²) in [6.45, 7) is 6.08. The Hall–Kier alpha value is -1.88. The number of ether oxygens (including phenoxy) is 1. The van der Waals surface area contributed by atoms with Gasteiger partial charge in [-0.25, -0.2) is 9.78 Å². The number of methoxy groups -OCH3 is 1. The molecule has 0 aliphatic heterocycles. The monoisotopic (exact) mass is 291 g/mol. The van der Waals surface area contributed by atoms with Gasteiger partial charge in [-0.05, 0) is 36.6 Å². The van der Waals surface area contributed by atoms with Gasteiger partial charge in [0, 0.05) is 10.4 Å². The van der Waals surface area contributed by atoms with Gasteiger partial charge < -0.3 is 9.84 Å². The number of rotatable bonds is 4. The van der Waals surface area contributed by atoms with Gasteiger partial charge in [0.25, 0.3) is 0 Å². The molecular weight excluding hydrogens is 274 g/mol. The highest BCUT2D eigenvalue weighted by atomic mass is 32.1. The van der Waals surface area contributed by atoms with Crippen molar-refractivity contribution in [1.29, 1.82) is 0 Å². The lowest BCUT2D eigenvalue weighted by molar-refractivity contribution is 0.0696. The van der Waals surface area contributed by atoms with Crippen LogP contribution < -0.4 is 4.74 Å². The van der Waals surface area contributed by atoms with Crippen LogP contribution in [0.25, 0.3) is 11.3 Å². The molecule has 4 nitrogen and oxygen atoms in total. The predicted molar refractivity (Wildman–Crippen MR) is 79.9 cm³/mol. The summed E-state index contributed by atoms with van der Waals surface area (Å²) in [5.74, 6) is 0.180. The van der Waals surface area contributed by atoms with Gasteiger partial charge in [-0.15, -0.1) is 11.3 Å². The van der Waals surface area contributed by atoms with Crippen molar-refractivity contribution in [3.63, 3.8) is 0 Å². The molecule has 1 aromatic carbocycles. The first-order valence-corrected chi connectivity index (χ1v) is 7.14. The topological polar surface area (TPSA) is 59.4 Å². The molecule has 2 rings (SSSR count). The van der Waals surface area contributed by atoms with Gasteiger partial charge in [-0.2, -0.15) is 0 Å². The predicted octanol–water partition coefficient (Wildman–Crippen LogP) is 3.95. The molecule has 0 radical (unpaired) electrons. The van der Waals surface area contributed by atoms with Gasteiger partial charge in [0.15, 0.2) is 0 Å². The number of nitrogens with zero attached hydrogens (tertiary/aromatic N) is 1. The summed E-state index contributed by atoms with van der Waals surface area (Å²) in [5, 5.41) is 9.15. The molecule has 2 aromatic rings. The van der Waals surface area contributed by atoms with Crippen LogP contribution in [0.2, 0.25) is 0 Å². The maximum Gasteiger partial charge on any atom is 0.365 e. The van der Waals surface area contributed by atoms with Crippen LogP contribution in [0.15, 0.2) is 18.2 Å². The second-order valence-corrected chi connectivity index (χ2v) is 6.04. The normalized spacial score (nSPS) is 10.8. The zero-order valence-corrected chi connectivity index (χ0v) is 12.7. The molecule has 0 atom stereocenters. The Morgan fingerprint density at radius 1 is 1.40 bits per heavy atom. The minimum absolute atomic E-state index is 0.124. The third kappa shape index (κ3) is 2.67. The molecule has 1 heterocycles. The summed E-state index contributed by atoms with van der Waals surface area (Å²) in [7, 11) is 1.65. The van der Waals surface area contributed by atoms with Crippen molar-refractivity contribution in [3.8, 4) is 17.0 Å². The first-order chi connectivity index (χ1) is 9.43. The lowest BCUT2D eigenvalue weighted by Crippen LogP contribution is -1.96. The SMILES string of the molecule is COc1ccc(-c2nc(C(=O)O)sc2C)cc1C(C)C. The van der Waals surface area contributed by atoms with E-state index in [1.807, 2.05) is 25.1 Å². The number of hydrogen-bond donors (Lipinski definition) is 1. The molecule has 0 unspecified atom stereocenters. The third-order valence-electron chi connectivity index (χ3n) is 3.10. The second kappa shape index (κ2) is 5.63. The lowest BCUT2D eigenvalue weighted by atomic mass is 9.98. The van der Waals surface area contributed by atoms with Crippen LogP contribution >= 0.6 is 11.3 Å². The van der Waals surface area contributed by atoms with Gasteiger partial charge in [-0.1, -0.05) is 13.8 Å². The Kier molecular flexibility index (Phi) is 4.09. The maximum absolute atomic E-state index is 11.0. The molecule has 5 heteroatoms. The fourth-order valence-corrected chi connectivity index (χ4v) is 2.86. The van der Waals surface area contributed by atoms with Crippen molar-refractivity contribution in [2.24, 2.45) is 0 Å². The first kappa shape index (κ1) is 14.5. The van der Waals surface area contributed by atoms with Crippen LogP contribution in [0, 0.1) is 6.92 Å². The van der Waals surface area contributed by atoms with E-state index in [-0.39, 0.29) is 5.01 Å². The summed E-state index contributed by atoms with van der Waals surface area (Å²) in [5.41, 5.74) is 2.75. The third-order valence-corrected chi connectivity index (χ3v) is 4.06. The van der Waals surface area contributed by atoms with E-state index in [1.54, 1.807) is 7.11 Å². The molecule has 0 fully saturated rings. The van der Waals surface area contributed by atoms with E-state index in [4.69, 9.17) is 9.84 Å². The molecule has 106 valence electrons. The van der Waals surface area contributed by atoms with Crippen molar-refractivity contribution in [2.75, 3.05) is 7.11 Å². The number of aromatic nitrogens is 1. The molecule has 0 aliphatic carbocycles. The number of carbonyl (C=O) groups is 1. The van der Waals surface area contributed by atoms with Crippen molar-refractivity contribution in [1.82, 2.24) is 4.98 Å². The number of thiazole rings is 1. The fourth-order valence-electron chi connectivity index (χ4n) is 2.09. The van der Waals surface area contributed by atoms with Gasteiger partial charge in [0.05, 0.1) is 12.8 Å². The maximum atomic E-state index is 11.0. The Balaban J connectivity index is 2.53. The molecule has 0 amide bonds. The Bertz CT molecular complexity index is 647. The number of aryl methyl sites for hydroxylation is 1. The van der Waals surface area contributed by atoms with Crippen LogP contribution in [0.5, 0.6) is 5.75 Å². The van der Waals surface area contributed by atoms with Gasteiger partial charge >= 0.3 is 5.97 Å². The van der Waals surface area contributed by atoms with E-state index >= 15 is 0 Å². The molecule has 1 aromatic heterocycles. The minimum atomic E-state index is -0.984. The zero-order valence-electron chi connectivity index (χ0n) is 11.9. The highest BCUT2D eigenvalue weighted by Crippen LogP contribution is 2.33. The van der Waals surface area contributed by atoms with E-state index in [1.165, 1.54) is 11.3 Å². The number of carboxylic acids is 1. The van der Waals surface area contributed by atoms with E-state index in [0.29, 0.717) is 5.92 Å². The van der Waals surface area contributed by atoms with Gasteiger partial charge in [-0.3, -0.25) is 0 Å². The van der Waals surface area contributed by atoms with Crippen molar-refractivity contribution in [2.45, 2.75) is 26.7 Å². The molecular formula is C15H17NO3S. The quantitative estimate of drug-likeness (QED) is 0.926. The molecule has 0 saturated carbocycles. The molecule has 0 aliphatic rings. The van der Waals surface area contributed by atoms with Crippen LogP contribution in [0.1, 0.15) is 40.0 Å². The summed E-state index contributed by atoms with van der Waals surface area (Å²) in [6, 6.07) is 5.85. The van der Waals surface area contributed by atoms with E-state index in [2.05, 4.69) is 18.8 Å². The summed E-state index contributed by atoms with van der Waals surface area (Å²) in [6.07, 6.45) is 0. The van der Waals surface area contributed by atoms with Crippen LogP contribution in [0.3, 0.4) is 0 Å². The van der Waals surface area contributed by atoms with E-state index < -0.39 is 5.97 Å². The fraction of sp³-hybridized carbons (Fsp3) is 0.333. The molecule has 0 saturated heterocycles. The van der Waals surface area contributed by atoms with Crippen LogP contribution in [0.4, 0.5) is 0 Å². The van der Waals surface area contributed by atoms with Crippen molar-refractivity contribution in [3.05, 3.63) is 33.6 Å². The molecule has 20 heavy (non-hydrogen) atoms. The minimum Gasteiger partial charge on any atom is -0.496 e. The molecule has 0 spiro atoms. The summed E-state index contributed by atoms with van der Waals surface area (Å²) in [4.78, 5) is 16.1. The zero-order chi connectivity index (χ0) is 14.9. The van der Waals surface area contributed by atoms with Crippen LogP contribution in [-0.2, 0) is 0 Å².